The third-order valence-electron chi connectivity index (χ3n) is 5.68. The minimum Gasteiger partial charge on any atom is -0.494 e. The monoisotopic (exact) mass is 469 g/mol. The summed E-state index contributed by atoms with van der Waals surface area (Å²) in [4.78, 5) is 24.8. The van der Waals surface area contributed by atoms with E-state index in [2.05, 4.69) is 10.1 Å². The minimum absolute atomic E-state index is 0.180. The maximum atomic E-state index is 13.9. The summed E-state index contributed by atoms with van der Waals surface area (Å²) >= 11 is 1.47. The van der Waals surface area contributed by atoms with Gasteiger partial charge in [0.1, 0.15) is 11.3 Å². The van der Waals surface area contributed by atoms with Crippen LogP contribution in [0.2, 0.25) is 0 Å². The molecule has 0 radical (unpaired) electrons. The first-order valence-electron chi connectivity index (χ1n) is 10.8. The average molecular weight is 470 g/mol. The van der Waals surface area contributed by atoms with Gasteiger partial charge in [0.05, 0.1) is 47.2 Å². The molecule has 8 heteroatoms. The fraction of sp³-hybridized carbons (Fsp3) is 0.154. The number of thiazole rings is 1. The summed E-state index contributed by atoms with van der Waals surface area (Å²) in [6, 6.07) is 19.3. The highest BCUT2D eigenvalue weighted by molar-refractivity contribution is 7.22. The molecule has 2 aromatic carbocycles. The molecule has 34 heavy (non-hydrogen) atoms. The van der Waals surface area contributed by atoms with Crippen molar-refractivity contribution < 1.29 is 9.53 Å². The number of carbonyl (C=O) groups is 1. The number of fused-ring (bicyclic) bond motifs is 1. The highest BCUT2D eigenvalue weighted by Crippen LogP contribution is 2.37. The third-order valence-corrected chi connectivity index (χ3v) is 6.89. The number of carbonyl (C=O) groups excluding carboxylic acids is 1. The number of aryl methyl sites for hydroxylation is 1. The summed E-state index contributed by atoms with van der Waals surface area (Å²) in [6.07, 6.45) is 3.34. The van der Waals surface area contributed by atoms with Crippen LogP contribution in [0.25, 0.3) is 15.9 Å². The minimum atomic E-state index is -0.180. The molecule has 170 valence electrons. The number of para-hydroxylation sites is 1. The molecular weight excluding hydrogens is 446 g/mol. The van der Waals surface area contributed by atoms with E-state index in [9.17, 15) is 4.79 Å². The Morgan fingerprint density at radius 3 is 2.59 bits per heavy atom. The number of nitrogens with zero attached hydrogens (tertiary/aromatic N) is 5. The van der Waals surface area contributed by atoms with Gasteiger partial charge >= 0.3 is 0 Å². The first kappa shape index (κ1) is 21.8. The molecule has 3 aromatic heterocycles. The van der Waals surface area contributed by atoms with Gasteiger partial charge in [0.2, 0.25) is 0 Å². The largest absolute Gasteiger partial charge is 0.494 e. The average Bonchev–Trinajstić information content (AvgIpc) is 3.48. The molecule has 0 saturated heterocycles. The van der Waals surface area contributed by atoms with Crippen LogP contribution in [0.4, 0.5) is 5.13 Å². The summed E-state index contributed by atoms with van der Waals surface area (Å²) < 4.78 is 8.29. The molecule has 0 N–H and O–H groups in total. The van der Waals surface area contributed by atoms with Crippen LogP contribution in [-0.4, -0.2) is 32.8 Å². The first-order valence-corrected chi connectivity index (χ1v) is 11.6. The van der Waals surface area contributed by atoms with Gasteiger partial charge in [-0.05, 0) is 49.7 Å². The molecule has 7 nitrogen and oxygen atoms in total. The second-order valence-corrected chi connectivity index (χ2v) is 8.84. The van der Waals surface area contributed by atoms with Gasteiger partial charge in [-0.15, -0.1) is 0 Å². The zero-order chi connectivity index (χ0) is 23.7. The van der Waals surface area contributed by atoms with E-state index in [1.54, 1.807) is 29.1 Å². The number of pyridine rings is 1. The third kappa shape index (κ3) is 3.92. The Balaban J connectivity index is 1.60. The van der Waals surface area contributed by atoms with Gasteiger partial charge in [0.25, 0.3) is 5.91 Å². The highest BCUT2D eigenvalue weighted by Gasteiger charge is 2.26. The van der Waals surface area contributed by atoms with Crippen molar-refractivity contribution in [2.45, 2.75) is 20.4 Å². The molecule has 5 rings (SSSR count). The maximum Gasteiger partial charge on any atom is 0.263 e. The standard InChI is InChI=1S/C26H23N5O2S/c1-17-12-13-22(33-3)23-24(17)34-26(29-23)30(16-19-9-7-8-14-27-19)25(32)21-15-28-31(18(21)2)20-10-5-4-6-11-20/h4-15H,16H2,1-3H3. The lowest BCUT2D eigenvalue weighted by Crippen LogP contribution is -2.31. The Kier molecular flexibility index (Phi) is 5.81. The van der Waals surface area contributed by atoms with E-state index in [0.29, 0.717) is 16.4 Å². The smallest absolute Gasteiger partial charge is 0.263 e. The summed E-state index contributed by atoms with van der Waals surface area (Å²) in [5.41, 5.74) is 4.78. The molecule has 0 atom stereocenters. The Bertz CT molecular complexity index is 1460. The van der Waals surface area contributed by atoms with Crippen molar-refractivity contribution >= 4 is 32.6 Å². The van der Waals surface area contributed by atoms with Crippen LogP contribution in [0.5, 0.6) is 5.75 Å². The van der Waals surface area contributed by atoms with Crippen LogP contribution in [0.15, 0.2) is 73.1 Å². The van der Waals surface area contributed by atoms with Crippen molar-refractivity contribution in [3.05, 3.63) is 95.6 Å². The number of amides is 1. The molecule has 0 aliphatic heterocycles. The number of methoxy groups -OCH3 is 1. The molecule has 0 saturated carbocycles. The fourth-order valence-corrected chi connectivity index (χ4v) is 4.90. The van der Waals surface area contributed by atoms with Gasteiger partial charge in [0.15, 0.2) is 5.13 Å². The van der Waals surface area contributed by atoms with Crippen LogP contribution in [0.3, 0.4) is 0 Å². The molecule has 0 unspecified atom stereocenters. The molecule has 0 aliphatic rings. The van der Waals surface area contributed by atoms with Crippen molar-refractivity contribution in [2.75, 3.05) is 12.0 Å². The van der Waals surface area contributed by atoms with Gasteiger partial charge < -0.3 is 4.74 Å². The number of hydrogen-bond donors (Lipinski definition) is 0. The Morgan fingerprint density at radius 2 is 1.85 bits per heavy atom. The number of ether oxygens (including phenoxy) is 1. The molecule has 5 aromatic rings. The van der Waals surface area contributed by atoms with Crippen molar-refractivity contribution in [1.82, 2.24) is 19.7 Å². The number of hydrogen-bond acceptors (Lipinski definition) is 6. The molecule has 1 amide bonds. The normalized spacial score (nSPS) is 11.0. The van der Waals surface area contributed by atoms with E-state index in [-0.39, 0.29) is 12.5 Å². The quantitative estimate of drug-likeness (QED) is 0.335. The molecule has 0 fully saturated rings. The highest BCUT2D eigenvalue weighted by atomic mass is 32.1. The van der Waals surface area contributed by atoms with Crippen molar-refractivity contribution in [3.63, 3.8) is 0 Å². The van der Waals surface area contributed by atoms with Gasteiger partial charge in [-0.3, -0.25) is 14.7 Å². The Labute approximate surface area is 201 Å². The predicted octanol–water partition coefficient (Wildman–Crippen LogP) is 5.35. The van der Waals surface area contributed by atoms with Crippen molar-refractivity contribution in [1.29, 1.82) is 0 Å². The molecule has 3 heterocycles. The molecule has 0 aliphatic carbocycles. The van der Waals surface area contributed by atoms with E-state index >= 15 is 0 Å². The lowest BCUT2D eigenvalue weighted by molar-refractivity contribution is 0.0984. The van der Waals surface area contributed by atoms with Crippen molar-refractivity contribution in [2.24, 2.45) is 0 Å². The van der Waals surface area contributed by atoms with Gasteiger partial charge in [-0.25, -0.2) is 9.67 Å². The first-order chi connectivity index (χ1) is 16.6. The summed E-state index contributed by atoms with van der Waals surface area (Å²) in [6.45, 7) is 4.22. The van der Waals surface area contributed by atoms with E-state index in [4.69, 9.17) is 9.72 Å². The van der Waals surface area contributed by atoms with Crippen LogP contribution < -0.4 is 9.64 Å². The van der Waals surface area contributed by atoms with Gasteiger partial charge in [0, 0.05) is 6.20 Å². The number of rotatable bonds is 6. The molecule has 0 spiro atoms. The SMILES string of the molecule is COc1ccc(C)c2sc(N(Cc3ccccn3)C(=O)c3cnn(-c4ccccc4)c3C)nc12. The van der Waals surface area contributed by atoms with E-state index in [1.807, 2.05) is 74.5 Å². The lowest BCUT2D eigenvalue weighted by Gasteiger charge is -2.19. The van der Waals surface area contributed by atoms with Crippen LogP contribution in [-0.2, 0) is 6.54 Å². The summed E-state index contributed by atoms with van der Waals surface area (Å²) in [7, 11) is 1.63. The molecular formula is C26H23N5O2S. The van der Waals surface area contributed by atoms with Gasteiger partial charge in [-0.2, -0.15) is 5.10 Å². The zero-order valence-electron chi connectivity index (χ0n) is 19.1. The second-order valence-electron chi connectivity index (χ2n) is 7.86. The van der Waals surface area contributed by atoms with Crippen LogP contribution >= 0.6 is 11.3 Å². The molecule has 0 bridgehead atoms. The van der Waals surface area contributed by atoms with E-state index in [0.717, 1.165) is 32.9 Å². The lowest BCUT2D eigenvalue weighted by atomic mass is 10.2. The number of aromatic nitrogens is 4. The summed E-state index contributed by atoms with van der Waals surface area (Å²) in [5.74, 6) is 0.502. The Morgan fingerprint density at radius 1 is 1.06 bits per heavy atom. The number of benzene rings is 2. The zero-order valence-corrected chi connectivity index (χ0v) is 19.9. The van der Waals surface area contributed by atoms with E-state index < -0.39 is 0 Å². The van der Waals surface area contributed by atoms with Crippen LogP contribution in [0, 0.1) is 13.8 Å². The predicted molar refractivity (Wildman–Crippen MR) is 134 cm³/mol. The number of anilines is 1. The summed E-state index contributed by atoms with van der Waals surface area (Å²) in [5, 5.41) is 5.08. The van der Waals surface area contributed by atoms with E-state index in [1.165, 1.54) is 11.3 Å². The topological polar surface area (TPSA) is 73.1 Å². The fourth-order valence-electron chi connectivity index (χ4n) is 3.85. The second kappa shape index (κ2) is 9.07. The maximum absolute atomic E-state index is 13.9. The van der Waals surface area contributed by atoms with Crippen molar-refractivity contribution in [3.8, 4) is 11.4 Å². The van der Waals surface area contributed by atoms with Crippen LogP contribution in [0.1, 0.15) is 27.3 Å². The van der Waals surface area contributed by atoms with Gasteiger partial charge in [-0.1, -0.05) is 41.7 Å². The Hall–Kier alpha value is -4.04.